The summed E-state index contributed by atoms with van der Waals surface area (Å²) < 4.78 is 16.1. The molecule has 2 aliphatic rings. The standard InChI is InChI=1S/C16H23NO2.C14H25NO4/c1-12-10-17(11-13-8-6-5-7-9-13)14(12)15(18)19-16(2,3)4;1-9-8-15(12(17)19-14(5,6)7)10(9)11(16)18-13(2,3)4/h5-9,12,14H,10-11H2,1-4H3;9-10H,8H2,1-7H3. The van der Waals surface area contributed by atoms with E-state index in [1.165, 1.54) is 10.5 Å². The maximum absolute atomic E-state index is 12.2. The summed E-state index contributed by atoms with van der Waals surface area (Å²) in [5.41, 5.74) is -0.284. The van der Waals surface area contributed by atoms with Crippen molar-refractivity contribution in [3.05, 3.63) is 35.9 Å². The molecule has 1 aromatic rings. The highest BCUT2D eigenvalue weighted by atomic mass is 16.6. The molecular formula is C30H48N2O6. The second-order valence-electron chi connectivity index (χ2n) is 13.5. The first-order valence-corrected chi connectivity index (χ1v) is 13.5. The molecule has 0 aromatic heterocycles. The molecule has 0 bridgehead atoms. The van der Waals surface area contributed by atoms with Gasteiger partial charge in [0.05, 0.1) is 0 Å². The predicted octanol–water partition coefficient (Wildman–Crippen LogP) is 5.43. The Morgan fingerprint density at radius 3 is 1.58 bits per heavy atom. The summed E-state index contributed by atoms with van der Waals surface area (Å²) in [7, 11) is 0. The number of hydrogen-bond acceptors (Lipinski definition) is 7. The first-order chi connectivity index (χ1) is 17.3. The molecule has 38 heavy (non-hydrogen) atoms. The third-order valence-corrected chi connectivity index (χ3v) is 5.97. The van der Waals surface area contributed by atoms with Crippen LogP contribution in [0.4, 0.5) is 4.79 Å². The van der Waals surface area contributed by atoms with E-state index in [-0.39, 0.29) is 23.9 Å². The summed E-state index contributed by atoms with van der Waals surface area (Å²) in [5.74, 6) is 0.0141. The van der Waals surface area contributed by atoms with Crippen LogP contribution >= 0.6 is 0 Å². The molecule has 8 nitrogen and oxygen atoms in total. The van der Waals surface area contributed by atoms with Crippen molar-refractivity contribution in [3.63, 3.8) is 0 Å². The highest BCUT2D eigenvalue weighted by molar-refractivity contribution is 5.84. The Kier molecular flexibility index (Phi) is 10.0. The van der Waals surface area contributed by atoms with Crippen LogP contribution in [0.25, 0.3) is 0 Å². The number of rotatable bonds is 4. The van der Waals surface area contributed by atoms with E-state index in [0.29, 0.717) is 12.5 Å². The number of carbonyl (C=O) groups is 3. The van der Waals surface area contributed by atoms with Crippen molar-refractivity contribution in [1.29, 1.82) is 0 Å². The lowest BCUT2D eigenvalue weighted by molar-refractivity contribution is -0.172. The lowest BCUT2D eigenvalue weighted by Crippen LogP contribution is -2.63. The molecule has 1 aromatic carbocycles. The van der Waals surface area contributed by atoms with Gasteiger partial charge in [0.1, 0.15) is 28.9 Å². The molecule has 8 heteroatoms. The normalized spacial score (nSPS) is 23.7. The van der Waals surface area contributed by atoms with E-state index in [0.717, 1.165) is 13.1 Å². The molecule has 1 amide bonds. The quantitative estimate of drug-likeness (QED) is 0.377. The van der Waals surface area contributed by atoms with Gasteiger partial charge in [0, 0.05) is 25.6 Å². The average molecular weight is 533 g/mol. The van der Waals surface area contributed by atoms with Crippen molar-refractivity contribution in [3.8, 4) is 0 Å². The van der Waals surface area contributed by atoms with Crippen LogP contribution in [0.1, 0.15) is 81.7 Å². The first kappa shape index (κ1) is 31.6. The Labute approximate surface area is 229 Å². The minimum absolute atomic E-state index is 0.0952. The van der Waals surface area contributed by atoms with Crippen LogP contribution in [0.15, 0.2) is 30.3 Å². The molecule has 0 aliphatic carbocycles. The lowest BCUT2D eigenvalue weighted by atomic mass is 9.89. The van der Waals surface area contributed by atoms with Gasteiger partial charge in [-0.05, 0) is 73.8 Å². The summed E-state index contributed by atoms with van der Waals surface area (Å²) in [5, 5.41) is 0. The zero-order valence-corrected chi connectivity index (χ0v) is 25.2. The Balaban J connectivity index is 0.000000267. The Hall–Kier alpha value is -2.61. The van der Waals surface area contributed by atoms with Crippen molar-refractivity contribution < 1.29 is 28.6 Å². The summed E-state index contributed by atoms with van der Waals surface area (Å²) in [4.78, 5) is 39.8. The number of amides is 1. The van der Waals surface area contributed by atoms with Crippen molar-refractivity contribution in [2.45, 2.75) is 112 Å². The molecule has 2 fully saturated rings. The average Bonchev–Trinajstić information content (AvgIpc) is 2.68. The maximum Gasteiger partial charge on any atom is 0.411 e. The molecule has 4 unspecified atom stereocenters. The highest BCUT2D eigenvalue weighted by Crippen LogP contribution is 2.30. The smallest absolute Gasteiger partial charge is 0.411 e. The number of benzene rings is 1. The molecule has 2 saturated heterocycles. The van der Waals surface area contributed by atoms with Gasteiger partial charge in [0.2, 0.25) is 0 Å². The zero-order valence-electron chi connectivity index (χ0n) is 25.2. The van der Waals surface area contributed by atoms with Gasteiger partial charge in [-0.15, -0.1) is 0 Å². The molecule has 0 saturated carbocycles. The van der Waals surface area contributed by atoms with Crippen LogP contribution in [0, 0.1) is 11.8 Å². The van der Waals surface area contributed by atoms with Gasteiger partial charge in [-0.2, -0.15) is 0 Å². The van der Waals surface area contributed by atoms with E-state index >= 15 is 0 Å². The first-order valence-electron chi connectivity index (χ1n) is 13.5. The predicted molar refractivity (Wildman–Crippen MR) is 147 cm³/mol. The fraction of sp³-hybridized carbons (Fsp3) is 0.700. The SMILES string of the molecule is CC1CN(C(=O)OC(C)(C)C)C1C(=O)OC(C)(C)C.CC1CN(Cc2ccccc2)C1C(=O)OC(C)(C)C. The summed E-state index contributed by atoms with van der Waals surface area (Å²) in [6, 6.07) is 9.62. The summed E-state index contributed by atoms with van der Waals surface area (Å²) in [6.07, 6.45) is -0.457. The van der Waals surface area contributed by atoms with Crippen LogP contribution in [0.3, 0.4) is 0 Å². The van der Waals surface area contributed by atoms with Gasteiger partial charge in [-0.1, -0.05) is 44.2 Å². The molecule has 214 valence electrons. The van der Waals surface area contributed by atoms with Crippen LogP contribution in [-0.4, -0.2) is 69.8 Å². The zero-order chi connectivity index (χ0) is 29.1. The van der Waals surface area contributed by atoms with Gasteiger partial charge in [-0.3, -0.25) is 14.6 Å². The number of nitrogens with zero attached hydrogens (tertiary/aromatic N) is 2. The van der Waals surface area contributed by atoms with Crippen LogP contribution in [0.5, 0.6) is 0 Å². The molecule has 2 heterocycles. The number of hydrogen-bond donors (Lipinski definition) is 0. The summed E-state index contributed by atoms with van der Waals surface area (Å²) in [6.45, 7) is 22.9. The summed E-state index contributed by atoms with van der Waals surface area (Å²) >= 11 is 0. The number of carbonyl (C=O) groups excluding carboxylic acids is 3. The van der Waals surface area contributed by atoms with E-state index in [1.807, 2.05) is 66.7 Å². The third-order valence-electron chi connectivity index (χ3n) is 5.97. The van der Waals surface area contributed by atoms with Crippen molar-refractivity contribution in [1.82, 2.24) is 9.80 Å². The van der Waals surface area contributed by atoms with Gasteiger partial charge in [-0.25, -0.2) is 9.59 Å². The monoisotopic (exact) mass is 532 g/mol. The van der Waals surface area contributed by atoms with E-state index in [1.54, 1.807) is 20.8 Å². The Bertz CT molecular complexity index is 958. The fourth-order valence-electron chi connectivity index (χ4n) is 4.45. The van der Waals surface area contributed by atoms with Crippen LogP contribution in [0.2, 0.25) is 0 Å². The molecule has 4 atom stereocenters. The molecule has 0 N–H and O–H groups in total. The van der Waals surface area contributed by atoms with E-state index in [4.69, 9.17) is 14.2 Å². The van der Waals surface area contributed by atoms with Crippen LogP contribution in [-0.2, 0) is 30.3 Å². The van der Waals surface area contributed by atoms with Crippen molar-refractivity contribution in [2.75, 3.05) is 13.1 Å². The minimum Gasteiger partial charge on any atom is -0.459 e. The molecular weight excluding hydrogens is 484 g/mol. The van der Waals surface area contributed by atoms with Gasteiger partial charge >= 0.3 is 18.0 Å². The fourth-order valence-corrected chi connectivity index (χ4v) is 4.45. The Morgan fingerprint density at radius 1 is 0.711 bits per heavy atom. The van der Waals surface area contributed by atoms with E-state index in [2.05, 4.69) is 24.0 Å². The van der Waals surface area contributed by atoms with Crippen molar-refractivity contribution >= 4 is 18.0 Å². The number of esters is 2. The minimum atomic E-state index is -0.561. The highest BCUT2D eigenvalue weighted by Gasteiger charge is 2.47. The topological polar surface area (TPSA) is 85.4 Å². The second kappa shape index (κ2) is 12.1. The number of ether oxygens (including phenoxy) is 3. The molecule has 3 rings (SSSR count). The third kappa shape index (κ3) is 9.61. The van der Waals surface area contributed by atoms with Gasteiger partial charge in [0.15, 0.2) is 0 Å². The van der Waals surface area contributed by atoms with Gasteiger partial charge < -0.3 is 14.2 Å². The van der Waals surface area contributed by atoms with Gasteiger partial charge in [0.25, 0.3) is 0 Å². The largest absolute Gasteiger partial charge is 0.459 e. The molecule has 0 spiro atoms. The van der Waals surface area contributed by atoms with Crippen LogP contribution < -0.4 is 0 Å². The lowest BCUT2D eigenvalue weighted by Gasteiger charge is -2.45. The molecule has 0 radical (unpaired) electrons. The number of likely N-dealkylation sites (tertiary alicyclic amines) is 2. The van der Waals surface area contributed by atoms with E-state index in [9.17, 15) is 14.4 Å². The molecule has 2 aliphatic heterocycles. The maximum atomic E-state index is 12.2. The van der Waals surface area contributed by atoms with Crippen molar-refractivity contribution in [2.24, 2.45) is 11.8 Å². The second-order valence-corrected chi connectivity index (χ2v) is 13.5. The Morgan fingerprint density at radius 2 is 1.16 bits per heavy atom. The van der Waals surface area contributed by atoms with E-state index < -0.39 is 28.9 Å².